The van der Waals surface area contributed by atoms with Crippen molar-refractivity contribution in [2.75, 3.05) is 13.6 Å². The molecule has 0 aliphatic rings. The number of ether oxygens (including phenoxy) is 3. The monoisotopic (exact) mass is 411 g/mol. The van der Waals surface area contributed by atoms with E-state index in [1.54, 1.807) is 0 Å². The normalized spacial score (nSPS) is 13.3. The van der Waals surface area contributed by atoms with Crippen molar-refractivity contribution in [3.05, 3.63) is 43.7 Å². The molecule has 0 saturated carbocycles. The third kappa shape index (κ3) is 12.0. The van der Waals surface area contributed by atoms with Crippen LogP contribution in [0.5, 0.6) is 0 Å². The molecule has 0 aromatic carbocycles. The minimum absolute atomic E-state index is 0.299. The Hall–Kier alpha value is -1.46. The molecule has 1 unspecified atom stereocenters. The van der Waals surface area contributed by atoms with Crippen LogP contribution in [0.2, 0.25) is 0 Å². The van der Waals surface area contributed by atoms with Gasteiger partial charge in [0.15, 0.2) is 0 Å². The number of rotatable bonds is 22. The minimum Gasteiger partial charge on any atom is -0.624 e. The van der Waals surface area contributed by atoms with Gasteiger partial charge in [-0.05, 0) is 12.8 Å². The first-order chi connectivity index (χ1) is 14.0. The average Bonchev–Trinajstić information content (AvgIpc) is 2.68. The predicted octanol–water partition coefficient (Wildman–Crippen LogP) is 7.50. The molecule has 170 valence electrons. The summed E-state index contributed by atoms with van der Waals surface area (Å²) < 4.78 is 15.0. The first kappa shape index (κ1) is 27.5. The standard InChI is InChI=1S/C24H45NO4/c1-6-10-11-12-13-14-15-16-17-18-19-20-21-22-23-25(5,26)24(27-7-2,28-8-3)29-9-4/h7-9H,2-4,6,10-23H2,1,5H3. The van der Waals surface area contributed by atoms with Crippen LogP contribution in [0.1, 0.15) is 96.8 Å². The summed E-state index contributed by atoms with van der Waals surface area (Å²) in [7, 11) is 1.46. The maximum absolute atomic E-state index is 13.0. The molecule has 0 aromatic heterocycles. The quantitative estimate of drug-likeness (QED) is 0.0608. The second kappa shape index (κ2) is 17.4. The van der Waals surface area contributed by atoms with Gasteiger partial charge in [-0.15, -0.1) is 0 Å². The second-order valence-electron chi connectivity index (χ2n) is 7.80. The fraction of sp³-hybridized carbons (Fsp3) is 0.750. The van der Waals surface area contributed by atoms with Gasteiger partial charge in [0, 0.05) is 0 Å². The molecule has 0 heterocycles. The molecule has 0 N–H and O–H groups in total. The minimum atomic E-state index is -1.89. The van der Waals surface area contributed by atoms with Crippen molar-refractivity contribution in [1.29, 1.82) is 0 Å². The van der Waals surface area contributed by atoms with E-state index in [2.05, 4.69) is 26.7 Å². The van der Waals surface area contributed by atoms with Crippen LogP contribution in [0, 0.1) is 5.21 Å². The summed E-state index contributed by atoms with van der Waals surface area (Å²) in [5.41, 5.74) is 0. The van der Waals surface area contributed by atoms with E-state index < -0.39 is 10.7 Å². The Morgan fingerprint density at radius 1 is 0.655 bits per heavy atom. The Bertz CT molecular complexity index is 397. The van der Waals surface area contributed by atoms with Crippen LogP contribution in [0.4, 0.5) is 0 Å². The summed E-state index contributed by atoms with van der Waals surface area (Å²) in [4.78, 5) is 0. The van der Waals surface area contributed by atoms with E-state index in [9.17, 15) is 5.21 Å². The summed E-state index contributed by atoms with van der Waals surface area (Å²) in [6.07, 6.45) is 19.2. The van der Waals surface area contributed by atoms with Crippen molar-refractivity contribution in [2.45, 2.75) is 103 Å². The van der Waals surface area contributed by atoms with Gasteiger partial charge in [-0.3, -0.25) is 0 Å². The summed E-state index contributed by atoms with van der Waals surface area (Å²) in [5, 5.41) is 13.0. The van der Waals surface area contributed by atoms with Crippen LogP contribution >= 0.6 is 0 Å². The molecule has 0 aromatic rings. The van der Waals surface area contributed by atoms with Crippen LogP contribution < -0.4 is 0 Å². The number of unbranched alkanes of at least 4 members (excludes halogenated alkanes) is 13. The first-order valence-corrected chi connectivity index (χ1v) is 11.4. The molecule has 0 aliphatic carbocycles. The fourth-order valence-electron chi connectivity index (χ4n) is 3.48. The van der Waals surface area contributed by atoms with Gasteiger partial charge in [0.05, 0.1) is 32.4 Å². The maximum atomic E-state index is 13.0. The third-order valence-electron chi connectivity index (χ3n) is 5.21. The highest BCUT2D eigenvalue weighted by Gasteiger charge is 2.50. The van der Waals surface area contributed by atoms with Gasteiger partial charge < -0.3 is 19.4 Å². The topological polar surface area (TPSA) is 50.8 Å². The molecule has 5 nitrogen and oxygen atoms in total. The van der Waals surface area contributed by atoms with E-state index in [1.807, 2.05) is 0 Å². The lowest BCUT2D eigenvalue weighted by Crippen LogP contribution is -2.61. The van der Waals surface area contributed by atoms with Crippen LogP contribution in [0.3, 0.4) is 0 Å². The Morgan fingerprint density at radius 3 is 1.28 bits per heavy atom. The van der Waals surface area contributed by atoms with Gasteiger partial charge in [0.1, 0.15) is 0 Å². The lowest BCUT2D eigenvalue weighted by Gasteiger charge is -2.47. The van der Waals surface area contributed by atoms with E-state index in [4.69, 9.17) is 14.2 Å². The summed E-state index contributed by atoms with van der Waals surface area (Å²) in [5.74, 6) is 0. The van der Waals surface area contributed by atoms with E-state index >= 15 is 0 Å². The molecule has 0 amide bonds. The zero-order chi connectivity index (χ0) is 21.8. The van der Waals surface area contributed by atoms with Crippen molar-refractivity contribution in [3.63, 3.8) is 0 Å². The summed E-state index contributed by atoms with van der Waals surface area (Å²) >= 11 is 0. The Kier molecular flexibility index (Phi) is 16.5. The molecule has 0 radical (unpaired) electrons. The molecule has 29 heavy (non-hydrogen) atoms. The van der Waals surface area contributed by atoms with Crippen molar-refractivity contribution in [2.24, 2.45) is 0 Å². The van der Waals surface area contributed by atoms with E-state index in [0.717, 1.165) is 38.0 Å². The Balaban J connectivity index is 3.90. The highest BCUT2D eigenvalue weighted by Crippen LogP contribution is 2.29. The number of quaternary nitrogens is 1. The SMILES string of the molecule is C=COC(OC=C)(OC=C)[N+](C)([O-])CCCCCCCCCCCCCCCC. The molecule has 0 spiro atoms. The van der Waals surface area contributed by atoms with Gasteiger partial charge >= 0.3 is 6.10 Å². The number of hydroxylamine groups is 3. The molecule has 1 atom stereocenters. The van der Waals surface area contributed by atoms with E-state index in [-0.39, 0.29) is 0 Å². The number of nitrogens with zero attached hydrogens (tertiary/aromatic N) is 1. The number of hydrogen-bond donors (Lipinski definition) is 0. The highest BCUT2D eigenvalue weighted by molar-refractivity contribution is 4.65. The van der Waals surface area contributed by atoms with Crippen LogP contribution in [0.25, 0.3) is 0 Å². The zero-order valence-electron chi connectivity index (χ0n) is 19.0. The first-order valence-electron chi connectivity index (χ1n) is 11.4. The molecule has 0 rings (SSSR count). The van der Waals surface area contributed by atoms with Gasteiger partial charge in [-0.1, -0.05) is 104 Å². The summed E-state index contributed by atoms with van der Waals surface area (Å²) in [6, 6.07) is 0. The Morgan fingerprint density at radius 2 is 0.966 bits per heavy atom. The van der Waals surface area contributed by atoms with Gasteiger partial charge in [0.2, 0.25) is 0 Å². The fourth-order valence-corrected chi connectivity index (χ4v) is 3.48. The maximum Gasteiger partial charge on any atom is 0.589 e. The molecule has 0 aliphatic heterocycles. The number of hydrogen-bond acceptors (Lipinski definition) is 4. The zero-order valence-corrected chi connectivity index (χ0v) is 19.0. The smallest absolute Gasteiger partial charge is 0.589 e. The van der Waals surface area contributed by atoms with Gasteiger partial charge in [-0.25, -0.2) is 4.65 Å². The molecule has 0 fully saturated rings. The largest absolute Gasteiger partial charge is 0.624 e. The summed E-state index contributed by atoms with van der Waals surface area (Å²) in [6.45, 7) is 13.1. The predicted molar refractivity (Wildman–Crippen MR) is 121 cm³/mol. The Labute approximate surface area is 179 Å². The molecule has 5 heteroatoms. The van der Waals surface area contributed by atoms with Gasteiger partial charge in [0.25, 0.3) is 0 Å². The van der Waals surface area contributed by atoms with Gasteiger partial charge in [-0.2, -0.15) is 0 Å². The third-order valence-corrected chi connectivity index (χ3v) is 5.21. The average molecular weight is 412 g/mol. The van der Waals surface area contributed by atoms with Crippen LogP contribution in [-0.4, -0.2) is 24.3 Å². The van der Waals surface area contributed by atoms with Crippen LogP contribution in [0.15, 0.2) is 38.5 Å². The van der Waals surface area contributed by atoms with Crippen LogP contribution in [-0.2, 0) is 14.2 Å². The molecular formula is C24H45NO4. The van der Waals surface area contributed by atoms with Crippen molar-refractivity contribution < 1.29 is 18.9 Å². The highest BCUT2D eigenvalue weighted by atomic mass is 16.9. The lowest BCUT2D eigenvalue weighted by atomic mass is 10.0. The second-order valence-corrected chi connectivity index (χ2v) is 7.80. The molecule has 0 saturated heterocycles. The van der Waals surface area contributed by atoms with Crippen molar-refractivity contribution >= 4 is 0 Å². The lowest BCUT2D eigenvalue weighted by molar-refractivity contribution is -0.998. The molecular weight excluding hydrogens is 366 g/mol. The van der Waals surface area contributed by atoms with Crippen molar-refractivity contribution in [3.8, 4) is 0 Å². The molecule has 0 bridgehead atoms. The van der Waals surface area contributed by atoms with E-state index in [0.29, 0.717) is 6.54 Å². The van der Waals surface area contributed by atoms with E-state index in [1.165, 1.54) is 77.7 Å². The van der Waals surface area contributed by atoms with Crippen molar-refractivity contribution in [1.82, 2.24) is 0 Å².